The van der Waals surface area contributed by atoms with E-state index in [9.17, 15) is 44.7 Å². The second-order valence-corrected chi connectivity index (χ2v) is 21.1. The van der Waals surface area contributed by atoms with Crippen molar-refractivity contribution in [3.63, 3.8) is 0 Å². The number of phosphoric acid groups is 1. The summed E-state index contributed by atoms with van der Waals surface area (Å²) in [5, 5.41) is 67.1. The fourth-order valence-electron chi connectivity index (χ4n) is 8.96. The van der Waals surface area contributed by atoms with Gasteiger partial charge in [0.05, 0.1) is 49.2 Å². The monoisotopic (exact) mass is 1010 g/mol. The van der Waals surface area contributed by atoms with Gasteiger partial charge in [-0.1, -0.05) is 77.5 Å². The van der Waals surface area contributed by atoms with Gasteiger partial charge in [-0.25, -0.2) is 9.55 Å². The summed E-state index contributed by atoms with van der Waals surface area (Å²) in [6.07, 6.45) is 4.10. The largest absolute Gasteiger partial charge is 0.469 e. The maximum atomic E-state index is 12.6. The second-order valence-electron chi connectivity index (χ2n) is 19.9. The van der Waals surface area contributed by atoms with Gasteiger partial charge >= 0.3 is 7.82 Å². The standard InChI is InChI=1S/C50H81N4O15P/c1-29(20-22-51)16-14-17-30(2)32(4)24-33(5)42(57)35(7)38(55)25-41(65-13)45-46(69-70(61,62)63)49(8,9)50(68-45)26-39(56)34(6)40(67-50)19-15-18-36-27-66-48(53-36)31(3)21-23-52-47(60)44(59)43(58)37(28-64-12)54(10)11/h14-18,20,24,27,31,33-35,37-46,55-59H,19,21,23,25-26,28H2,1-13H3,(H,52,60)(H2,61,62,63)/t31-,33+,34-,35-,37-,38-,39+,40-,41-,42+,43-,44-,45+,46-,50+/m1/s1. The fourth-order valence-corrected chi connectivity index (χ4v) is 9.64. The molecule has 2 aliphatic rings. The molecule has 15 atom stereocenters. The van der Waals surface area contributed by atoms with Crippen LogP contribution in [0.4, 0.5) is 0 Å². The van der Waals surface area contributed by atoms with Crippen LogP contribution in [0.5, 0.6) is 0 Å². The molecule has 0 unspecified atom stereocenters. The molecule has 19 nitrogen and oxygen atoms in total. The Morgan fingerprint density at radius 2 is 1.76 bits per heavy atom. The van der Waals surface area contributed by atoms with Crippen LogP contribution in [0, 0.1) is 34.5 Å². The van der Waals surface area contributed by atoms with E-state index in [1.54, 1.807) is 45.8 Å². The van der Waals surface area contributed by atoms with Crippen LogP contribution in [0.25, 0.3) is 6.08 Å². The molecule has 70 heavy (non-hydrogen) atoms. The molecule has 3 heterocycles. The third-order valence-corrected chi connectivity index (χ3v) is 14.5. The van der Waals surface area contributed by atoms with Gasteiger partial charge in [0, 0.05) is 68.8 Å². The van der Waals surface area contributed by atoms with Crippen molar-refractivity contribution < 1.29 is 72.6 Å². The average molecular weight is 1010 g/mol. The number of oxazole rings is 1. The Bertz CT molecular complexity index is 2080. The molecule has 0 saturated carbocycles. The van der Waals surface area contributed by atoms with Crippen molar-refractivity contribution >= 4 is 19.8 Å². The van der Waals surface area contributed by atoms with E-state index in [4.69, 9.17) is 33.2 Å². The fraction of sp³-hybridized carbons (Fsp3) is 0.700. The van der Waals surface area contributed by atoms with Crippen LogP contribution in [0.2, 0.25) is 0 Å². The minimum Gasteiger partial charge on any atom is -0.448 e. The van der Waals surface area contributed by atoms with Crippen LogP contribution in [-0.4, -0.2) is 159 Å². The summed E-state index contributed by atoms with van der Waals surface area (Å²) in [6, 6.07) is 1.40. The first kappa shape index (κ1) is 60.9. The second kappa shape index (κ2) is 27.0. The molecule has 2 aliphatic heterocycles. The van der Waals surface area contributed by atoms with Crippen LogP contribution >= 0.6 is 7.82 Å². The van der Waals surface area contributed by atoms with Crippen molar-refractivity contribution in [1.82, 2.24) is 15.2 Å². The van der Waals surface area contributed by atoms with Gasteiger partial charge in [-0.05, 0) is 64.9 Å². The highest BCUT2D eigenvalue weighted by molar-refractivity contribution is 7.46. The maximum Gasteiger partial charge on any atom is 0.469 e. The molecular formula is C50H81N4O15P. The summed E-state index contributed by atoms with van der Waals surface area (Å²) < 4.78 is 48.2. The van der Waals surface area contributed by atoms with Gasteiger partial charge in [-0.3, -0.25) is 9.32 Å². The number of phosphoric ester groups is 1. The smallest absolute Gasteiger partial charge is 0.448 e. The number of methoxy groups -OCH3 is 2. The summed E-state index contributed by atoms with van der Waals surface area (Å²) in [6.45, 7) is 16.6. The predicted molar refractivity (Wildman–Crippen MR) is 262 cm³/mol. The van der Waals surface area contributed by atoms with E-state index in [2.05, 4.69) is 10.3 Å². The lowest BCUT2D eigenvalue weighted by atomic mass is 9.72. The van der Waals surface area contributed by atoms with Crippen LogP contribution in [-0.2, 0) is 32.8 Å². The molecule has 0 bridgehead atoms. The topological polar surface area (TPSA) is 287 Å². The Hall–Kier alpha value is -3.42. The Balaban J connectivity index is 1.74. The van der Waals surface area contributed by atoms with Crippen LogP contribution in [0.15, 0.2) is 63.9 Å². The third-order valence-electron chi connectivity index (χ3n) is 14.0. The van der Waals surface area contributed by atoms with Gasteiger partial charge in [0.25, 0.3) is 5.91 Å². The number of aliphatic hydroxyl groups excluding tert-OH is 5. The number of carbonyl (C=O) groups excluding carboxylic acids is 1. The van der Waals surface area contributed by atoms with Gasteiger partial charge in [-0.15, -0.1) is 0 Å². The van der Waals surface area contributed by atoms with E-state index in [1.807, 2.05) is 78.0 Å². The van der Waals surface area contributed by atoms with Gasteiger partial charge in [0.2, 0.25) is 0 Å². The summed E-state index contributed by atoms with van der Waals surface area (Å²) in [7, 11) is 1.12. The molecule has 396 valence electrons. The number of allylic oxidation sites excluding steroid dienone is 7. The van der Waals surface area contributed by atoms with E-state index in [1.165, 1.54) is 26.6 Å². The molecule has 2 saturated heterocycles. The zero-order valence-electron chi connectivity index (χ0n) is 43.1. The van der Waals surface area contributed by atoms with Gasteiger partial charge in [0.1, 0.15) is 30.3 Å². The van der Waals surface area contributed by atoms with Crippen molar-refractivity contribution in [1.29, 1.82) is 5.26 Å². The summed E-state index contributed by atoms with van der Waals surface area (Å²) in [5.41, 5.74) is 1.87. The zero-order chi connectivity index (χ0) is 52.9. The average Bonchev–Trinajstić information content (AvgIpc) is 3.84. The van der Waals surface area contributed by atoms with Crippen molar-refractivity contribution in [2.75, 3.05) is 41.5 Å². The zero-order valence-corrected chi connectivity index (χ0v) is 44.0. The highest BCUT2D eigenvalue weighted by Gasteiger charge is 2.68. The number of nitriles is 1. The Morgan fingerprint density at radius 3 is 2.36 bits per heavy atom. The number of aromatic nitrogens is 1. The van der Waals surface area contributed by atoms with Crippen LogP contribution < -0.4 is 5.32 Å². The Kier molecular flexibility index (Phi) is 23.5. The van der Waals surface area contributed by atoms with Crippen molar-refractivity contribution in [2.24, 2.45) is 23.2 Å². The molecule has 3 rings (SSSR count). The van der Waals surface area contributed by atoms with Crippen molar-refractivity contribution in [3.05, 3.63) is 71.0 Å². The minimum atomic E-state index is -5.15. The van der Waals surface area contributed by atoms with E-state index in [0.29, 0.717) is 18.0 Å². The summed E-state index contributed by atoms with van der Waals surface area (Å²) in [4.78, 5) is 39.2. The van der Waals surface area contributed by atoms with Gasteiger partial charge in [0.15, 0.2) is 17.8 Å². The maximum absolute atomic E-state index is 12.6. The lowest BCUT2D eigenvalue weighted by Crippen LogP contribution is -2.58. The first-order valence-corrected chi connectivity index (χ1v) is 25.4. The van der Waals surface area contributed by atoms with Crippen molar-refractivity contribution in [3.8, 4) is 6.07 Å². The SMILES string of the molecule is COC[C@H]([C@@H](O)[C@@H](O)C(=O)NCC[C@@H](C)c1nc(C=CC[C@H]2O[C@@]3(C[C@H](O)[C@H]2C)O[C@@H]([C@@H](C[C@@H](O)[C@@H](C)[C@@H](O)[C@@H](C)C=C(C)C(C)=CC=CC(C)=CC#N)OC)[C@@H](OP(=O)(O)O)C3(C)C)co1)N(C)C. The minimum absolute atomic E-state index is 0.0645. The molecule has 2 fully saturated rings. The summed E-state index contributed by atoms with van der Waals surface area (Å²) in [5.74, 6) is -3.63. The van der Waals surface area contributed by atoms with E-state index in [0.717, 1.165) is 16.7 Å². The number of amides is 1. The van der Waals surface area contributed by atoms with E-state index >= 15 is 0 Å². The normalized spacial score (nSPS) is 27.6. The first-order valence-electron chi connectivity index (χ1n) is 23.8. The molecule has 8 N–H and O–H groups in total. The predicted octanol–water partition coefficient (Wildman–Crippen LogP) is 4.69. The quantitative estimate of drug-likeness (QED) is 0.0355. The molecular weight excluding hydrogens is 928 g/mol. The van der Waals surface area contributed by atoms with E-state index < -0.39 is 97.7 Å². The third kappa shape index (κ3) is 16.3. The van der Waals surface area contributed by atoms with Crippen LogP contribution in [0.1, 0.15) is 105 Å². The number of nitrogens with one attached hydrogen (secondary N) is 1. The Labute approximate surface area is 414 Å². The van der Waals surface area contributed by atoms with E-state index in [-0.39, 0.29) is 44.2 Å². The number of rotatable bonds is 26. The number of carbonyl (C=O) groups is 1. The Morgan fingerprint density at radius 1 is 1.09 bits per heavy atom. The lowest BCUT2D eigenvalue weighted by molar-refractivity contribution is -0.334. The molecule has 0 radical (unpaired) electrons. The molecule has 1 aromatic rings. The van der Waals surface area contributed by atoms with Crippen LogP contribution in [0.3, 0.4) is 0 Å². The molecule has 0 aliphatic carbocycles. The molecule has 1 aromatic heterocycles. The number of hydrogen-bond acceptors (Lipinski definition) is 16. The molecule has 1 amide bonds. The number of hydrogen-bond donors (Lipinski definition) is 8. The number of ether oxygens (including phenoxy) is 4. The van der Waals surface area contributed by atoms with Gasteiger partial charge < -0.3 is 68.9 Å². The van der Waals surface area contributed by atoms with Gasteiger partial charge in [-0.2, -0.15) is 5.26 Å². The highest BCUT2D eigenvalue weighted by atomic mass is 31.2. The number of likely N-dealkylation sites (N-methyl/N-ethyl adjacent to an activating group) is 1. The molecule has 0 aromatic carbocycles. The highest BCUT2D eigenvalue weighted by Crippen LogP contribution is 2.59. The molecule has 1 spiro atoms. The number of aliphatic hydroxyl groups is 5. The van der Waals surface area contributed by atoms with Crippen molar-refractivity contribution in [2.45, 2.75) is 161 Å². The molecule has 20 heteroatoms. The first-order chi connectivity index (χ1) is 32.6. The summed E-state index contributed by atoms with van der Waals surface area (Å²) >= 11 is 0. The number of nitrogens with zero attached hydrogens (tertiary/aromatic N) is 3. The lowest BCUT2D eigenvalue weighted by Gasteiger charge is -2.50.